The molecule has 1 aliphatic rings. The lowest BCUT2D eigenvalue weighted by Gasteiger charge is -2.14. The Balaban J connectivity index is 1.74. The molecular formula is C20H30N2O3. The second-order valence-corrected chi connectivity index (χ2v) is 6.97. The maximum Gasteiger partial charge on any atom is 0.224 e. The fourth-order valence-electron chi connectivity index (χ4n) is 3.30. The van der Waals surface area contributed by atoms with Crippen LogP contribution in [0.5, 0.6) is 0 Å². The minimum Gasteiger partial charge on any atom is -0.394 e. The van der Waals surface area contributed by atoms with E-state index in [2.05, 4.69) is 10.6 Å². The van der Waals surface area contributed by atoms with Gasteiger partial charge < -0.3 is 15.7 Å². The minimum absolute atomic E-state index is 0.0476. The van der Waals surface area contributed by atoms with Gasteiger partial charge in [-0.05, 0) is 36.5 Å². The summed E-state index contributed by atoms with van der Waals surface area (Å²) in [5, 5.41) is 14.8. The van der Waals surface area contributed by atoms with Gasteiger partial charge in [0.1, 0.15) is 0 Å². The number of aliphatic hydroxyl groups is 1. The van der Waals surface area contributed by atoms with Gasteiger partial charge >= 0.3 is 0 Å². The van der Waals surface area contributed by atoms with Gasteiger partial charge in [0.2, 0.25) is 11.8 Å². The van der Waals surface area contributed by atoms with Crippen molar-refractivity contribution >= 4 is 17.5 Å². The van der Waals surface area contributed by atoms with Crippen LogP contribution in [0.15, 0.2) is 24.3 Å². The quantitative estimate of drug-likeness (QED) is 0.643. The van der Waals surface area contributed by atoms with E-state index >= 15 is 0 Å². The lowest BCUT2D eigenvalue weighted by Crippen LogP contribution is -2.37. The van der Waals surface area contributed by atoms with E-state index in [0.29, 0.717) is 12.8 Å². The summed E-state index contributed by atoms with van der Waals surface area (Å²) < 4.78 is 0. The van der Waals surface area contributed by atoms with Gasteiger partial charge in [-0.25, -0.2) is 0 Å². The fourth-order valence-corrected chi connectivity index (χ4v) is 3.30. The summed E-state index contributed by atoms with van der Waals surface area (Å²) >= 11 is 0. The van der Waals surface area contributed by atoms with Gasteiger partial charge in [0, 0.05) is 12.1 Å². The van der Waals surface area contributed by atoms with Crippen molar-refractivity contribution in [2.45, 2.75) is 64.3 Å². The van der Waals surface area contributed by atoms with E-state index in [1.165, 1.54) is 25.7 Å². The third-order valence-corrected chi connectivity index (χ3v) is 4.94. The van der Waals surface area contributed by atoms with E-state index in [9.17, 15) is 9.59 Å². The molecule has 138 valence electrons. The van der Waals surface area contributed by atoms with Gasteiger partial charge in [0.15, 0.2) is 0 Å². The molecule has 0 aliphatic heterocycles. The molecule has 0 spiro atoms. The number of carbonyl (C=O) groups is 2. The summed E-state index contributed by atoms with van der Waals surface area (Å²) in [6.07, 6.45) is 7.66. The summed E-state index contributed by atoms with van der Waals surface area (Å²) in [6, 6.07) is 7.18. The first-order valence-electron chi connectivity index (χ1n) is 9.39. The van der Waals surface area contributed by atoms with Gasteiger partial charge in [0.05, 0.1) is 19.1 Å². The van der Waals surface area contributed by atoms with Crippen molar-refractivity contribution in [1.82, 2.24) is 5.32 Å². The molecule has 0 bridgehead atoms. The first-order chi connectivity index (χ1) is 12.1. The first-order valence-corrected chi connectivity index (χ1v) is 9.39. The predicted octanol–water partition coefficient (Wildman–Crippen LogP) is 3.03. The van der Waals surface area contributed by atoms with E-state index < -0.39 is 0 Å². The third kappa shape index (κ3) is 6.86. The molecule has 3 N–H and O–H groups in total. The fraction of sp³-hybridized carbons (Fsp3) is 0.600. The van der Waals surface area contributed by atoms with E-state index in [4.69, 9.17) is 5.11 Å². The largest absolute Gasteiger partial charge is 0.394 e. The number of aliphatic hydroxyl groups excluding tert-OH is 1. The van der Waals surface area contributed by atoms with E-state index in [0.717, 1.165) is 23.6 Å². The molecule has 1 saturated carbocycles. The highest BCUT2D eigenvalue weighted by molar-refractivity contribution is 5.90. The average Bonchev–Trinajstić information content (AvgIpc) is 3.13. The summed E-state index contributed by atoms with van der Waals surface area (Å²) in [5.74, 6) is 0.679. The summed E-state index contributed by atoms with van der Waals surface area (Å²) in [7, 11) is 0. The standard InChI is InChI=1S/C20H30N2O3/c1-2-17(14-23)21-20(25)13-16-7-10-18(11-8-16)22-19(24)12-9-15-5-3-4-6-15/h7-8,10-11,15,17,23H,2-6,9,12-14H2,1H3,(H,21,25)(H,22,24). The van der Waals surface area contributed by atoms with Crippen molar-refractivity contribution in [2.75, 3.05) is 11.9 Å². The van der Waals surface area contributed by atoms with Crippen LogP contribution in [0, 0.1) is 5.92 Å². The second kappa shape index (κ2) is 10.2. The van der Waals surface area contributed by atoms with Gasteiger partial charge in [-0.3, -0.25) is 9.59 Å². The molecule has 1 unspecified atom stereocenters. The normalized spacial score (nSPS) is 15.8. The number of amides is 2. The van der Waals surface area contributed by atoms with Crippen LogP contribution in [0.3, 0.4) is 0 Å². The van der Waals surface area contributed by atoms with Crippen molar-refractivity contribution in [3.05, 3.63) is 29.8 Å². The smallest absolute Gasteiger partial charge is 0.224 e. The molecule has 0 heterocycles. The van der Waals surface area contributed by atoms with Crippen LogP contribution in [0.4, 0.5) is 5.69 Å². The van der Waals surface area contributed by atoms with Crippen LogP contribution in [0.2, 0.25) is 0 Å². The molecule has 1 aromatic carbocycles. The average molecular weight is 346 g/mol. The number of anilines is 1. The molecule has 2 rings (SSSR count). The number of hydrogen-bond donors (Lipinski definition) is 3. The van der Waals surface area contributed by atoms with Gasteiger partial charge in [-0.15, -0.1) is 0 Å². The Morgan fingerprint density at radius 2 is 1.84 bits per heavy atom. The number of hydrogen-bond acceptors (Lipinski definition) is 3. The number of benzene rings is 1. The zero-order valence-electron chi connectivity index (χ0n) is 15.1. The Bertz CT molecular complexity index is 547. The third-order valence-electron chi connectivity index (χ3n) is 4.94. The summed E-state index contributed by atoms with van der Waals surface area (Å²) in [5.41, 5.74) is 1.65. The molecular weight excluding hydrogens is 316 g/mol. The molecule has 1 fully saturated rings. The minimum atomic E-state index is -0.189. The Kier molecular flexibility index (Phi) is 7.92. The number of carbonyl (C=O) groups excluding carboxylic acids is 2. The maximum atomic E-state index is 12.0. The summed E-state index contributed by atoms with van der Waals surface area (Å²) in [6.45, 7) is 1.87. The molecule has 1 aromatic rings. The molecule has 0 radical (unpaired) electrons. The van der Waals surface area contributed by atoms with Crippen molar-refractivity contribution in [3.8, 4) is 0 Å². The van der Waals surface area contributed by atoms with Crippen LogP contribution >= 0.6 is 0 Å². The predicted molar refractivity (Wildman–Crippen MR) is 99.3 cm³/mol. The summed E-state index contributed by atoms with van der Waals surface area (Å²) in [4.78, 5) is 23.9. The highest BCUT2D eigenvalue weighted by Crippen LogP contribution is 2.28. The van der Waals surface area contributed by atoms with Crippen molar-refractivity contribution in [2.24, 2.45) is 5.92 Å². The van der Waals surface area contributed by atoms with Crippen molar-refractivity contribution < 1.29 is 14.7 Å². The first kappa shape index (κ1) is 19.4. The molecule has 5 heteroatoms. The topological polar surface area (TPSA) is 78.4 Å². The van der Waals surface area contributed by atoms with Crippen molar-refractivity contribution in [1.29, 1.82) is 0 Å². The van der Waals surface area contributed by atoms with Crippen LogP contribution in [0.25, 0.3) is 0 Å². The monoisotopic (exact) mass is 346 g/mol. The highest BCUT2D eigenvalue weighted by atomic mass is 16.3. The number of rotatable bonds is 9. The van der Waals surface area contributed by atoms with Crippen molar-refractivity contribution in [3.63, 3.8) is 0 Å². The van der Waals surface area contributed by atoms with Crippen LogP contribution in [-0.4, -0.2) is 29.6 Å². The Labute approximate surface area is 150 Å². The zero-order chi connectivity index (χ0) is 18.1. The van der Waals surface area contributed by atoms with E-state index in [-0.39, 0.29) is 30.9 Å². The Morgan fingerprint density at radius 3 is 2.44 bits per heavy atom. The van der Waals surface area contributed by atoms with Gasteiger partial charge in [-0.1, -0.05) is 44.7 Å². The van der Waals surface area contributed by atoms with Gasteiger partial charge in [0.25, 0.3) is 0 Å². The Hall–Kier alpha value is -1.88. The molecule has 5 nitrogen and oxygen atoms in total. The molecule has 0 saturated heterocycles. The lowest BCUT2D eigenvalue weighted by molar-refractivity contribution is -0.121. The maximum absolute atomic E-state index is 12.0. The number of nitrogens with one attached hydrogen (secondary N) is 2. The van der Waals surface area contributed by atoms with E-state index in [1.807, 2.05) is 31.2 Å². The molecule has 2 amide bonds. The van der Waals surface area contributed by atoms with Crippen LogP contribution < -0.4 is 10.6 Å². The highest BCUT2D eigenvalue weighted by Gasteiger charge is 2.16. The molecule has 25 heavy (non-hydrogen) atoms. The van der Waals surface area contributed by atoms with Gasteiger partial charge in [-0.2, -0.15) is 0 Å². The van der Waals surface area contributed by atoms with E-state index in [1.54, 1.807) is 0 Å². The molecule has 1 aliphatic carbocycles. The molecule has 0 aromatic heterocycles. The zero-order valence-corrected chi connectivity index (χ0v) is 15.1. The van der Waals surface area contributed by atoms with Crippen LogP contribution in [-0.2, 0) is 16.0 Å². The Morgan fingerprint density at radius 1 is 1.16 bits per heavy atom. The molecule has 1 atom stereocenters. The van der Waals surface area contributed by atoms with Crippen LogP contribution in [0.1, 0.15) is 57.4 Å². The second-order valence-electron chi connectivity index (χ2n) is 6.97. The SMILES string of the molecule is CCC(CO)NC(=O)Cc1ccc(NC(=O)CCC2CCCC2)cc1. The lowest BCUT2D eigenvalue weighted by atomic mass is 10.0.